The SMILES string of the molecule is CCN=C(N)C(C)OCC. The number of nitrogens with two attached hydrogens (primary N) is 1. The number of aliphatic imine (C=N–C) groups is 1. The van der Waals surface area contributed by atoms with Gasteiger partial charge >= 0.3 is 0 Å². The minimum Gasteiger partial charge on any atom is -0.385 e. The molecular weight excluding hydrogens is 128 g/mol. The Morgan fingerprint density at radius 3 is 2.60 bits per heavy atom. The number of hydrogen-bond donors (Lipinski definition) is 1. The molecule has 0 rings (SSSR count). The van der Waals surface area contributed by atoms with Crippen molar-refractivity contribution in [1.82, 2.24) is 0 Å². The summed E-state index contributed by atoms with van der Waals surface area (Å²) >= 11 is 0. The van der Waals surface area contributed by atoms with Crippen molar-refractivity contribution in [3.8, 4) is 0 Å². The summed E-state index contributed by atoms with van der Waals surface area (Å²) in [6.07, 6.45) is -0.0371. The van der Waals surface area contributed by atoms with E-state index in [1.807, 2.05) is 20.8 Å². The average Bonchev–Trinajstić information content (AvgIpc) is 1.89. The summed E-state index contributed by atoms with van der Waals surface area (Å²) in [6.45, 7) is 7.20. The van der Waals surface area contributed by atoms with E-state index < -0.39 is 0 Å². The van der Waals surface area contributed by atoms with Crippen molar-refractivity contribution in [1.29, 1.82) is 0 Å². The van der Waals surface area contributed by atoms with Gasteiger partial charge in [0.25, 0.3) is 0 Å². The lowest BCUT2D eigenvalue weighted by atomic mass is 10.4. The molecule has 0 aliphatic carbocycles. The minimum absolute atomic E-state index is 0.0371. The zero-order chi connectivity index (χ0) is 7.98. The van der Waals surface area contributed by atoms with Crippen molar-refractivity contribution in [3.63, 3.8) is 0 Å². The molecule has 0 amide bonds. The first kappa shape index (κ1) is 9.43. The second-order valence-corrected chi connectivity index (χ2v) is 2.00. The van der Waals surface area contributed by atoms with Gasteiger partial charge in [0.15, 0.2) is 0 Å². The van der Waals surface area contributed by atoms with Gasteiger partial charge in [0, 0.05) is 13.2 Å². The number of rotatable bonds is 4. The quantitative estimate of drug-likeness (QED) is 0.468. The van der Waals surface area contributed by atoms with Crippen LogP contribution < -0.4 is 5.73 Å². The van der Waals surface area contributed by atoms with Crippen LogP contribution in [0.5, 0.6) is 0 Å². The van der Waals surface area contributed by atoms with E-state index in [0.29, 0.717) is 12.4 Å². The third-order valence-electron chi connectivity index (χ3n) is 1.17. The molecule has 0 bridgehead atoms. The zero-order valence-electron chi connectivity index (χ0n) is 6.92. The third kappa shape index (κ3) is 3.45. The van der Waals surface area contributed by atoms with E-state index in [1.54, 1.807) is 0 Å². The van der Waals surface area contributed by atoms with Crippen LogP contribution in [0.15, 0.2) is 4.99 Å². The molecule has 10 heavy (non-hydrogen) atoms. The molecule has 0 spiro atoms. The van der Waals surface area contributed by atoms with Crippen LogP contribution in [0.25, 0.3) is 0 Å². The predicted molar refractivity (Wildman–Crippen MR) is 43.3 cm³/mol. The zero-order valence-corrected chi connectivity index (χ0v) is 6.92. The molecule has 0 radical (unpaired) electrons. The van der Waals surface area contributed by atoms with Crippen LogP contribution >= 0.6 is 0 Å². The van der Waals surface area contributed by atoms with Crippen LogP contribution in [0.3, 0.4) is 0 Å². The van der Waals surface area contributed by atoms with Crippen LogP contribution in [0, 0.1) is 0 Å². The van der Waals surface area contributed by atoms with E-state index in [4.69, 9.17) is 10.5 Å². The normalized spacial score (nSPS) is 15.3. The summed E-state index contributed by atoms with van der Waals surface area (Å²) in [5.74, 6) is 0.587. The molecule has 60 valence electrons. The summed E-state index contributed by atoms with van der Waals surface area (Å²) in [4.78, 5) is 4.01. The summed E-state index contributed by atoms with van der Waals surface area (Å²) in [6, 6.07) is 0. The van der Waals surface area contributed by atoms with E-state index in [-0.39, 0.29) is 6.10 Å². The molecule has 1 atom stereocenters. The van der Waals surface area contributed by atoms with Gasteiger partial charge < -0.3 is 10.5 Å². The van der Waals surface area contributed by atoms with Crippen LogP contribution in [-0.4, -0.2) is 25.1 Å². The van der Waals surface area contributed by atoms with Gasteiger partial charge in [-0.15, -0.1) is 0 Å². The van der Waals surface area contributed by atoms with Crippen molar-refractivity contribution < 1.29 is 4.74 Å². The maximum Gasteiger partial charge on any atom is 0.123 e. The van der Waals surface area contributed by atoms with Gasteiger partial charge in [0.05, 0.1) is 0 Å². The Morgan fingerprint density at radius 2 is 2.20 bits per heavy atom. The van der Waals surface area contributed by atoms with Crippen molar-refractivity contribution in [2.45, 2.75) is 26.9 Å². The minimum atomic E-state index is -0.0371. The highest BCUT2D eigenvalue weighted by atomic mass is 16.5. The lowest BCUT2D eigenvalue weighted by Crippen LogP contribution is -2.28. The largest absolute Gasteiger partial charge is 0.385 e. The second-order valence-electron chi connectivity index (χ2n) is 2.00. The van der Waals surface area contributed by atoms with Gasteiger partial charge in [0.1, 0.15) is 11.9 Å². The first-order valence-electron chi connectivity index (χ1n) is 3.63. The van der Waals surface area contributed by atoms with Crippen molar-refractivity contribution in [2.75, 3.05) is 13.2 Å². The van der Waals surface area contributed by atoms with Crippen LogP contribution in [-0.2, 0) is 4.74 Å². The van der Waals surface area contributed by atoms with Gasteiger partial charge in [0.2, 0.25) is 0 Å². The Morgan fingerprint density at radius 1 is 1.60 bits per heavy atom. The first-order chi connectivity index (χ1) is 4.72. The molecule has 0 aliphatic heterocycles. The van der Waals surface area contributed by atoms with Crippen molar-refractivity contribution in [3.05, 3.63) is 0 Å². The van der Waals surface area contributed by atoms with Crippen LogP contribution in [0.1, 0.15) is 20.8 Å². The topological polar surface area (TPSA) is 47.6 Å². The van der Waals surface area contributed by atoms with Gasteiger partial charge in [-0.2, -0.15) is 0 Å². The molecule has 1 unspecified atom stereocenters. The molecule has 0 aromatic carbocycles. The number of nitrogens with zero attached hydrogens (tertiary/aromatic N) is 1. The summed E-state index contributed by atoms with van der Waals surface area (Å²) in [5.41, 5.74) is 5.54. The molecule has 0 saturated carbocycles. The summed E-state index contributed by atoms with van der Waals surface area (Å²) in [5, 5.41) is 0. The Hall–Kier alpha value is -0.570. The van der Waals surface area contributed by atoms with E-state index >= 15 is 0 Å². The highest BCUT2D eigenvalue weighted by Crippen LogP contribution is 1.89. The smallest absolute Gasteiger partial charge is 0.123 e. The lowest BCUT2D eigenvalue weighted by Gasteiger charge is -2.09. The molecular formula is C7H16N2O. The van der Waals surface area contributed by atoms with E-state index in [2.05, 4.69) is 4.99 Å². The predicted octanol–water partition coefficient (Wildman–Crippen LogP) is 0.788. The fourth-order valence-electron chi connectivity index (χ4n) is 0.647. The fourth-order valence-corrected chi connectivity index (χ4v) is 0.647. The third-order valence-corrected chi connectivity index (χ3v) is 1.17. The molecule has 0 fully saturated rings. The molecule has 0 aromatic heterocycles. The Labute approximate surface area is 62.3 Å². The Bertz CT molecular complexity index is 112. The molecule has 2 N–H and O–H groups in total. The maximum absolute atomic E-state index is 5.54. The highest BCUT2D eigenvalue weighted by Gasteiger charge is 2.03. The molecule has 3 heteroatoms. The highest BCUT2D eigenvalue weighted by molar-refractivity contribution is 5.84. The van der Waals surface area contributed by atoms with E-state index in [0.717, 1.165) is 6.54 Å². The summed E-state index contributed by atoms with van der Waals surface area (Å²) < 4.78 is 5.20. The molecule has 0 saturated heterocycles. The monoisotopic (exact) mass is 144 g/mol. The number of hydrogen-bond acceptors (Lipinski definition) is 2. The molecule has 3 nitrogen and oxygen atoms in total. The average molecular weight is 144 g/mol. The lowest BCUT2D eigenvalue weighted by molar-refractivity contribution is 0.121. The van der Waals surface area contributed by atoms with Gasteiger partial charge in [-0.3, -0.25) is 4.99 Å². The second kappa shape index (κ2) is 5.23. The van der Waals surface area contributed by atoms with Crippen molar-refractivity contribution >= 4 is 5.84 Å². The van der Waals surface area contributed by atoms with Gasteiger partial charge in [-0.1, -0.05) is 0 Å². The molecule has 0 aromatic rings. The van der Waals surface area contributed by atoms with Gasteiger partial charge in [-0.25, -0.2) is 0 Å². The standard InChI is InChI=1S/C7H16N2O/c1-4-9-7(8)6(3)10-5-2/h6H,4-5H2,1-3H3,(H2,8,9). The summed E-state index contributed by atoms with van der Waals surface area (Å²) in [7, 11) is 0. The Kier molecular flexibility index (Phi) is 4.94. The van der Waals surface area contributed by atoms with Gasteiger partial charge in [-0.05, 0) is 20.8 Å². The van der Waals surface area contributed by atoms with E-state index in [9.17, 15) is 0 Å². The molecule has 0 aliphatic rings. The maximum atomic E-state index is 5.54. The van der Waals surface area contributed by atoms with Crippen LogP contribution in [0.2, 0.25) is 0 Å². The molecule has 0 heterocycles. The number of ether oxygens (including phenoxy) is 1. The van der Waals surface area contributed by atoms with Crippen LogP contribution in [0.4, 0.5) is 0 Å². The Balaban J connectivity index is 3.69. The first-order valence-corrected chi connectivity index (χ1v) is 3.63. The van der Waals surface area contributed by atoms with Crippen molar-refractivity contribution in [2.24, 2.45) is 10.7 Å². The fraction of sp³-hybridized carbons (Fsp3) is 0.857. The number of amidine groups is 1. The van der Waals surface area contributed by atoms with E-state index in [1.165, 1.54) is 0 Å².